The molecule has 8 heteroatoms. The number of rotatable bonds is 5. The van der Waals surface area contributed by atoms with E-state index in [2.05, 4.69) is 5.32 Å². The number of halogens is 2. The van der Waals surface area contributed by atoms with Gasteiger partial charge in [-0.05, 0) is 44.0 Å². The van der Waals surface area contributed by atoms with Crippen LogP contribution in [0.25, 0.3) is 0 Å². The van der Waals surface area contributed by atoms with E-state index in [1.165, 1.54) is 0 Å². The normalized spacial score (nSPS) is 11.3. The SMILES string of the molecule is Cc1cc(C)c(NC(=O)CN(c2ccc(F)cc2F)S(C)(=O)=O)c(C)c1. The van der Waals surface area contributed by atoms with Crippen LogP contribution in [-0.4, -0.2) is 27.1 Å². The Morgan fingerprint density at radius 2 is 1.65 bits per heavy atom. The predicted molar refractivity (Wildman–Crippen MR) is 97.8 cm³/mol. The third kappa shape index (κ3) is 4.57. The molecule has 0 saturated heterocycles. The van der Waals surface area contributed by atoms with Gasteiger partial charge in [-0.3, -0.25) is 9.10 Å². The molecule has 2 aromatic carbocycles. The largest absolute Gasteiger partial charge is 0.324 e. The minimum Gasteiger partial charge on any atom is -0.324 e. The molecule has 0 spiro atoms. The van der Waals surface area contributed by atoms with Crippen molar-refractivity contribution in [2.75, 3.05) is 22.4 Å². The van der Waals surface area contributed by atoms with Crippen LogP contribution in [0.4, 0.5) is 20.2 Å². The number of nitrogens with one attached hydrogen (secondary N) is 1. The first kappa shape index (κ1) is 19.8. The number of nitrogens with zero attached hydrogens (tertiary/aromatic N) is 1. The lowest BCUT2D eigenvalue weighted by Gasteiger charge is -2.23. The summed E-state index contributed by atoms with van der Waals surface area (Å²) in [6, 6.07) is 6.26. The molecule has 0 aliphatic carbocycles. The average Bonchev–Trinajstić information content (AvgIpc) is 2.48. The van der Waals surface area contributed by atoms with Gasteiger partial charge in [-0.1, -0.05) is 17.7 Å². The van der Waals surface area contributed by atoms with E-state index in [1.807, 2.05) is 32.9 Å². The fourth-order valence-electron chi connectivity index (χ4n) is 2.75. The molecule has 140 valence electrons. The highest BCUT2D eigenvalue weighted by Gasteiger charge is 2.24. The van der Waals surface area contributed by atoms with Gasteiger partial charge in [0, 0.05) is 11.8 Å². The van der Waals surface area contributed by atoms with Gasteiger partial charge in [0.25, 0.3) is 0 Å². The number of hydrogen-bond donors (Lipinski definition) is 1. The first-order valence-electron chi connectivity index (χ1n) is 7.79. The van der Waals surface area contributed by atoms with Crippen molar-refractivity contribution in [3.63, 3.8) is 0 Å². The van der Waals surface area contributed by atoms with Crippen LogP contribution in [0.1, 0.15) is 16.7 Å². The maximum absolute atomic E-state index is 14.0. The molecular formula is C18H20F2N2O3S. The average molecular weight is 382 g/mol. The van der Waals surface area contributed by atoms with Crippen LogP contribution in [0.5, 0.6) is 0 Å². The van der Waals surface area contributed by atoms with Crippen LogP contribution in [0, 0.1) is 32.4 Å². The summed E-state index contributed by atoms with van der Waals surface area (Å²) in [5.74, 6) is -2.53. The molecule has 5 nitrogen and oxygen atoms in total. The van der Waals surface area contributed by atoms with E-state index in [-0.39, 0.29) is 5.69 Å². The molecule has 0 saturated carbocycles. The van der Waals surface area contributed by atoms with Crippen molar-refractivity contribution in [2.45, 2.75) is 20.8 Å². The highest BCUT2D eigenvalue weighted by molar-refractivity contribution is 7.92. The summed E-state index contributed by atoms with van der Waals surface area (Å²) in [6.07, 6.45) is 0.853. The molecule has 1 N–H and O–H groups in total. The third-order valence-electron chi connectivity index (χ3n) is 3.81. The Hall–Kier alpha value is -2.48. The van der Waals surface area contributed by atoms with E-state index in [1.54, 1.807) is 0 Å². The molecule has 0 unspecified atom stereocenters. The number of anilines is 2. The van der Waals surface area contributed by atoms with Crippen LogP contribution in [0.15, 0.2) is 30.3 Å². The molecule has 0 bridgehead atoms. The molecule has 0 aromatic heterocycles. The Labute approximate surface area is 151 Å². The maximum atomic E-state index is 14.0. The second-order valence-corrected chi connectivity index (χ2v) is 8.09. The lowest BCUT2D eigenvalue weighted by molar-refractivity contribution is -0.114. The van der Waals surface area contributed by atoms with Crippen molar-refractivity contribution in [3.8, 4) is 0 Å². The second-order valence-electron chi connectivity index (χ2n) is 6.19. The van der Waals surface area contributed by atoms with Gasteiger partial charge in [-0.25, -0.2) is 17.2 Å². The molecule has 0 radical (unpaired) electrons. The minimum atomic E-state index is -3.96. The highest BCUT2D eigenvalue weighted by atomic mass is 32.2. The van der Waals surface area contributed by atoms with Gasteiger partial charge >= 0.3 is 0 Å². The van der Waals surface area contributed by atoms with Gasteiger partial charge < -0.3 is 5.32 Å². The van der Waals surface area contributed by atoms with Crippen molar-refractivity contribution in [3.05, 3.63) is 58.7 Å². The fraction of sp³-hybridized carbons (Fsp3) is 0.278. The Bertz CT molecular complexity index is 936. The summed E-state index contributed by atoms with van der Waals surface area (Å²) >= 11 is 0. The first-order chi connectivity index (χ1) is 12.0. The molecule has 1 amide bonds. The lowest BCUT2D eigenvalue weighted by atomic mass is 10.1. The van der Waals surface area contributed by atoms with E-state index in [0.29, 0.717) is 16.1 Å². The third-order valence-corrected chi connectivity index (χ3v) is 4.93. The molecular weight excluding hydrogens is 362 g/mol. The number of aryl methyl sites for hydroxylation is 3. The van der Waals surface area contributed by atoms with Gasteiger partial charge in [0.05, 0.1) is 11.9 Å². The first-order valence-corrected chi connectivity index (χ1v) is 9.64. The zero-order chi connectivity index (χ0) is 19.6. The van der Waals surface area contributed by atoms with E-state index < -0.39 is 34.1 Å². The van der Waals surface area contributed by atoms with Crippen LogP contribution >= 0.6 is 0 Å². The van der Waals surface area contributed by atoms with Crippen molar-refractivity contribution in [1.29, 1.82) is 0 Å². The summed E-state index contributed by atoms with van der Waals surface area (Å²) in [5, 5.41) is 2.67. The Morgan fingerprint density at radius 1 is 1.08 bits per heavy atom. The lowest BCUT2D eigenvalue weighted by Crippen LogP contribution is -2.38. The molecule has 0 fully saturated rings. The summed E-state index contributed by atoms with van der Waals surface area (Å²) in [4.78, 5) is 12.4. The van der Waals surface area contributed by atoms with Crippen LogP contribution in [-0.2, 0) is 14.8 Å². The topological polar surface area (TPSA) is 66.5 Å². The van der Waals surface area contributed by atoms with E-state index >= 15 is 0 Å². The molecule has 0 heterocycles. The number of carbonyl (C=O) groups excluding carboxylic acids is 1. The van der Waals surface area contributed by atoms with E-state index in [4.69, 9.17) is 0 Å². The minimum absolute atomic E-state index is 0.388. The highest BCUT2D eigenvalue weighted by Crippen LogP contribution is 2.24. The molecule has 2 aromatic rings. The molecule has 0 aliphatic heterocycles. The van der Waals surface area contributed by atoms with Crippen molar-refractivity contribution < 1.29 is 22.0 Å². The van der Waals surface area contributed by atoms with Gasteiger partial charge in [-0.15, -0.1) is 0 Å². The van der Waals surface area contributed by atoms with E-state index in [0.717, 1.165) is 35.1 Å². The van der Waals surface area contributed by atoms with Gasteiger partial charge in [0.15, 0.2) is 0 Å². The maximum Gasteiger partial charge on any atom is 0.245 e. The van der Waals surface area contributed by atoms with Crippen LogP contribution in [0.2, 0.25) is 0 Å². The molecule has 0 atom stereocenters. The Morgan fingerprint density at radius 3 is 2.15 bits per heavy atom. The Kier molecular flexibility index (Phi) is 5.65. The standard InChI is InChI=1S/C18H20F2N2O3S/c1-11-7-12(2)18(13(3)8-11)21-17(23)10-22(26(4,24)25)16-6-5-14(19)9-15(16)20/h5-9H,10H2,1-4H3,(H,21,23). The van der Waals surface area contributed by atoms with Crippen molar-refractivity contribution >= 4 is 27.3 Å². The Balaban J connectivity index is 2.31. The quantitative estimate of drug-likeness (QED) is 0.863. The van der Waals surface area contributed by atoms with Gasteiger partial charge in [0.1, 0.15) is 18.2 Å². The summed E-state index contributed by atoms with van der Waals surface area (Å²) < 4.78 is 51.7. The van der Waals surface area contributed by atoms with Gasteiger partial charge in [0.2, 0.25) is 15.9 Å². The van der Waals surface area contributed by atoms with Crippen molar-refractivity contribution in [1.82, 2.24) is 0 Å². The predicted octanol–water partition coefficient (Wildman–Crippen LogP) is 3.29. The molecule has 26 heavy (non-hydrogen) atoms. The number of benzene rings is 2. The van der Waals surface area contributed by atoms with E-state index in [9.17, 15) is 22.0 Å². The van der Waals surface area contributed by atoms with Crippen LogP contribution in [0.3, 0.4) is 0 Å². The molecule has 0 aliphatic rings. The fourth-order valence-corrected chi connectivity index (χ4v) is 3.61. The van der Waals surface area contributed by atoms with Crippen LogP contribution < -0.4 is 9.62 Å². The zero-order valence-electron chi connectivity index (χ0n) is 14.9. The second kappa shape index (κ2) is 7.41. The monoisotopic (exact) mass is 382 g/mol. The smallest absolute Gasteiger partial charge is 0.245 e. The number of amides is 1. The summed E-state index contributed by atoms with van der Waals surface area (Å²) in [7, 11) is -3.96. The summed E-state index contributed by atoms with van der Waals surface area (Å²) in [6.45, 7) is 4.94. The van der Waals surface area contributed by atoms with Crippen molar-refractivity contribution in [2.24, 2.45) is 0 Å². The number of hydrogen-bond acceptors (Lipinski definition) is 3. The summed E-state index contributed by atoms with van der Waals surface area (Å²) in [5.41, 5.74) is 2.88. The molecule has 2 rings (SSSR count). The number of sulfonamides is 1. The zero-order valence-corrected chi connectivity index (χ0v) is 15.7. The van der Waals surface area contributed by atoms with Gasteiger partial charge in [-0.2, -0.15) is 0 Å². The number of carbonyl (C=O) groups is 1.